The molecule has 0 atom stereocenters. The van der Waals surface area contributed by atoms with Crippen LogP contribution in [-0.2, 0) is 0 Å². The summed E-state index contributed by atoms with van der Waals surface area (Å²) >= 11 is 5.92. The highest BCUT2D eigenvalue weighted by Gasteiger charge is 1.95. The molecule has 2 heteroatoms. The molecular weight excluding hydrogens is 182 g/mol. The van der Waals surface area contributed by atoms with Crippen molar-refractivity contribution in [2.24, 2.45) is 0 Å². The van der Waals surface area contributed by atoms with Crippen molar-refractivity contribution in [3.8, 4) is 17.9 Å². The smallest absolute Gasteiger partial charge is 0.0966 e. The van der Waals surface area contributed by atoms with Crippen LogP contribution in [0.3, 0.4) is 0 Å². The van der Waals surface area contributed by atoms with Crippen LogP contribution < -0.4 is 0 Å². The number of hydrogen-bond donors (Lipinski definition) is 0. The van der Waals surface area contributed by atoms with Gasteiger partial charge in [0.05, 0.1) is 17.5 Å². The van der Waals surface area contributed by atoms with E-state index in [0.29, 0.717) is 5.02 Å². The fourth-order valence-electron chi connectivity index (χ4n) is 0.900. The Bertz CT molecular complexity index is 404. The number of benzene rings is 1. The second-order valence-corrected chi connectivity index (χ2v) is 3.03. The van der Waals surface area contributed by atoms with Gasteiger partial charge in [0.15, 0.2) is 0 Å². The molecule has 64 valence electrons. The van der Waals surface area contributed by atoms with Crippen LogP contribution in [0.15, 0.2) is 18.2 Å². The Labute approximate surface area is 83.0 Å². The molecule has 0 radical (unpaired) electrons. The summed E-state index contributed by atoms with van der Waals surface area (Å²) in [5.74, 6) is 5.55. The fraction of sp³-hybridized carbons (Fsp3) is 0.182. The summed E-state index contributed by atoms with van der Waals surface area (Å²) in [5, 5.41) is 8.92. The number of rotatable bonds is 0. The zero-order chi connectivity index (χ0) is 9.68. The molecule has 0 aliphatic heterocycles. The van der Waals surface area contributed by atoms with Gasteiger partial charge in [0, 0.05) is 5.56 Å². The summed E-state index contributed by atoms with van der Waals surface area (Å²) in [6, 6.07) is 7.62. The van der Waals surface area contributed by atoms with E-state index in [2.05, 4.69) is 11.8 Å². The van der Waals surface area contributed by atoms with Crippen molar-refractivity contribution in [2.45, 2.75) is 13.3 Å². The van der Waals surface area contributed by atoms with E-state index in [-0.39, 0.29) is 6.42 Å². The van der Waals surface area contributed by atoms with Crippen LogP contribution in [0.5, 0.6) is 0 Å². The van der Waals surface area contributed by atoms with Crippen molar-refractivity contribution in [1.82, 2.24) is 0 Å². The molecule has 0 amide bonds. The van der Waals surface area contributed by atoms with Gasteiger partial charge in [-0.15, -0.1) is 0 Å². The Morgan fingerprint density at radius 1 is 1.46 bits per heavy atom. The maximum atomic E-state index is 8.27. The molecule has 0 spiro atoms. The molecule has 1 aromatic rings. The van der Waals surface area contributed by atoms with Crippen LogP contribution in [0.1, 0.15) is 17.5 Å². The molecule has 0 aliphatic rings. The number of nitrogens with zero attached hydrogens (tertiary/aromatic N) is 1. The lowest BCUT2D eigenvalue weighted by Crippen LogP contribution is -1.78. The highest BCUT2D eigenvalue weighted by Crippen LogP contribution is 2.16. The van der Waals surface area contributed by atoms with Crippen LogP contribution in [0.2, 0.25) is 5.02 Å². The van der Waals surface area contributed by atoms with Gasteiger partial charge in [-0.1, -0.05) is 29.5 Å². The molecule has 0 aromatic heterocycles. The quantitative estimate of drug-likeness (QED) is 0.576. The van der Waals surface area contributed by atoms with Gasteiger partial charge in [-0.2, -0.15) is 5.26 Å². The number of halogens is 1. The highest BCUT2D eigenvalue weighted by atomic mass is 35.5. The topological polar surface area (TPSA) is 23.8 Å². The van der Waals surface area contributed by atoms with Crippen molar-refractivity contribution in [2.75, 3.05) is 0 Å². The summed E-state index contributed by atoms with van der Waals surface area (Å²) in [5.41, 5.74) is 1.89. The van der Waals surface area contributed by atoms with Crippen LogP contribution in [0, 0.1) is 30.1 Å². The number of aryl methyl sites for hydroxylation is 1. The van der Waals surface area contributed by atoms with E-state index < -0.39 is 0 Å². The molecule has 13 heavy (non-hydrogen) atoms. The number of nitriles is 1. The first-order valence-corrected chi connectivity index (χ1v) is 4.24. The van der Waals surface area contributed by atoms with Crippen LogP contribution in [-0.4, -0.2) is 0 Å². The summed E-state index contributed by atoms with van der Waals surface area (Å²) in [7, 11) is 0. The van der Waals surface area contributed by atoms with Gasteiger partial charge in [-0.3, -0.25) is 0 Å². The highest BCUT2D eigenvalue weighted by molar-refractivity contribution is 6.31. The van der Waals surface area contributed by atoms with Crippen molar-refractivity contribution >= 4 is 11.6 Å². The van der Waals surface area contributed by atoms with Crippen LogP contribution >= 0.6 is 11.6 Å². The Morgan fingerprint density at radius 2 is 2.23 bits per heavy atom. The Morgan fingerprint density at radius 3 is 2.85 bits per heavy atom. The molecule has 1 nitrogen and oxygen atoms in total. The number of hydrogen-bond acceptors (Lipinski definition) is 1. The van der Waals surface area contributed by atoms with Gasteiger partial charge in [0.25, 0.3) is 0 Å². The SMILES string of the molecule is Cc1ccc(C#CCC#N)c(Cl)c1. The predicted molar refractivity (Wildman–Crippen MR) is 53.3 cm³/mol. The maximum Gasteiger partial charge on any atom is 0.0966 e. The average molecular weight is 190 g/mol. The van der Waals surface area contributed by atoms with Gasteiger partial charge < -0.3 is 0 Å². The molecular formula is C11H8ClN. The van der Waals surface area contributed by atoms with Crippen molar-refractivity contribution in [3.05, 3.63) is 34.3 Å². The van der Waals surface area contributed by atoms with Crippen molar-refractivity contribution in [1.29, 1.82) is 5.26 Å². The molecule has 1 aromatic carbocycles. The normalized spacial score (nSPS) is 8.38. The minimum atomic E-state index is 0.240. The average Bonchev–Trinajstić information content (AvgIpc) is 2.09. The third kappa shape index (κ3) is 2.82. The third-order valence-electron chi connectivity index (χ3n) is 1.52. The second-order valence-electron chi connectivity index (χ2n) is 2.62. The van der Waals surface area contributed by atoms with E-state index in [9.17, 15) is 0 Å². The lowest BCUT2D eigenvalue weighted by Gasteiger charge is -1.96. The van der Waals surface area contributed by atoms with Crippen LogP contribution in [0.25, 0.3) is 0 Å². The second kappa shape index (κ2) is 4.55. The molecule has 0 N–H and O–H groups in total. The van der Waals surface area contributed by atoms with Gasteiger partial charge in [-0.05, 0) is 24.6 Å². The van der Waals surface area contributed by atoms with Gasteiger partial charge >= 0.3 is 0 Å². The standard InChI is InChI=1S/C11H8ClN/c1-9-5-6-10(11(12)8-9)4-2-3-7-13/h5-6,8H,3H2,1H3. The third-order valence-corrected chi connectivity index (χ3v) is 1.83. The Balaban J connectivity index is 2.93. The largest absolute Gasteiger partial charge is 0.197 e. The first-order valence-electron chi connectivity index (χ1n) is 3.86. The predicted octanol–water partition coefficient (Wildman–Crippen LogP) is 2.91. The molecule has 0 fully saturated rings. The monoisotopic (exact) mass is 189 g/mol. The summed E-state index contributed by atoms with van der Waals surface area (Å²) < 4.78 is 0. The first-order chi connectivity index (χ1) is 6.24. The maximum absolute atomic E-state index is 8.27. The van der Waals surface area contributed by atoms with E-state index >= 15 is 0 Å². The lowest BCUT2D eigenvalue weighted by atomic mass is 10.1. The molecule has 0 saturated carbocycles. The van der Waals surface area contributed by atoms with E-state index in [1.807, 2.05) is 31.2 Å². The minimum absolute atomic E-state index is 0.240. The fourth-order valence-corrected chi connectivity index (χ4v) is 1.18. The molecule has 0 bridgehead atoms. The van der Waals surface area contributed by atoms with E-state index in [0.717, 1.165) is 11.1 Å². The first kappa shape index (κ1) is 9.65. The Kier molecular flexibility index (Phi) is 3.38. The molecule has 0 heterocycles. The van der Waals surface area contributed by atoms with E-state index in [1.165, 1.54) is 0 Å². The van der Waals surface area contributed by atoms with Crippen molar-refractivity contribution in [3.63, 3.8) is 0 Å². The Hall–Kier alpha value is -1.44. The van der Waals surface area contributed by atoms with Gasteiger partial charge in [0.2, 0.25) is 0 Å². The van der Waals surface area contributed by atoms with Gasteiger partial charge in [-0.25, -0.2) is 0 Å². The zero-order valence-corrected chi connectivity index (χ0v) is 8.02. The van der Waals surface area contributed by atoms with Gasteiger partial charge in [0.1, 0.15) is 0 Å². The van der Waals surface area contributed by atoms with Crippen molar-refractivity contribution < 1.29 is 0 Å². The summed E-state index contributed by atoms with van der Waals surface area (Å²) in [6.45, 7) is 1.97. The zero-order valence-electron chi connectivity index (χ0n) is 7.26. The molecule has 0 unspecified atom stereocenters. The lowest BCUT2D eigenvalue weighted by molar-refractivity contribution is 1.39. The minimum Gasteiger partial charge on any atom is -0.197 e. The van der Waals surface area contributed by atoms with E-state index in [4.69, 9.17) is 16.9 Å². The molecule has 0 saturated heterocycles. The van der Waals surface area contributed by atoms with E-state index in [1.54, 1.807) is 0 Å². The molecule has 1 rings (SSSR count). The summed E-state index contributed by atoms with van der Waals surface area (Å²) in [6.07, 6.45) is 0.240. The molecule has 0 aliphatic carbocycles. The summed E-state index contributed by atoms with van der Waals surface area (Å²) in [4.78, 5) is 0. The van der Waals surface area contributed by atoms with Crippen LogP contribution in [0.4, 0.5) is 0 Å².